The highest BCUT2D eigenvalue weighted by Crippen LogP contribution is 2.21. The molecular weight excluding hydrogens is 349 g/mol. The Balaban J connectivity index is 2.83. The summed E-state index contributed by atoms with van der Waals surface area (Å²) in [5, 5.41) is 0. The molecular formula is C17H32BN3O2SSi. The van der Waals surface area contributed by atoms with Crippen LogP contribution in [0.15, 0.2) is 18.9 Å². The van der Waals surface area contributed by atoms with Gasteiger partial charge in [0, 0.05) is 37.8 Å². The van der Waals surface area contributed by atoms with E-state index in [0.717, 1.165) is 18.5 Å². The molecule has 0 bridgehead atoms. The van der Waals surface area contributed by atoms with Crippen LogP contribution in [-0.2, 0) is 22.8 Å². The Morgan fingerprint density at radius 1 is 1.48 bits per heavy atom. The first kappa shape index (κ1) is 22.5. The summed E-state index contributed by atoms with van der Waals surface area (Å²) < 4.78 is 23.0. The normalized spacial score (nSPS) is 15.2. The first-order valence-corrected chi connectivity index (χ1v) is 13.5. The highest BCUT2D eigenvalue weighted by atomic mass is 32.2. The van der Waals surface area contributed by atoms with Crippen molar-refractivity contribution in [3.63, 3.8) is 0 Å². The Kier molecular flexibility index (Phi) is 8.47. The summed E-state index contributed by atoms with van der Waals surface area (Å²) in [7, 11) is 4.77. The summed E-state index contributed by atoms with van der Waals surface area (Å²) in [4.78, 5) is 4.42. The molecule has 0 aliphatic carbocycles. The molecule has 1 aromatic rings. The zero-order valence-electron chi connectivity index (χ0n) is 16.5. The van der Waals surface area contributed by atoms with Gasteiger partial charge in [-0.1, -0.05) is 25.7 Å². The smallest absolute Gasteiger partial charge is 0.143 e. The summed E-state index contributed by atoms with van der Waals surface area (Å²) in [6, 6.07) is 0.880. The van der Waals surface area contributed by atoms with Crippen molar-refractivity contribution in [2.45, 2.75) is 70.4 Å². The van der Waals surface area contributed by atoms with Crippen LogP contribution in [0.5, 0.6) is 0 Å². The van der Waals surface area contributed by atoms with Crippen molar-refractivity contribution >= 4 is 32.9 Å². The van der Waals surface area contributed by atoms with Crippen LogP contribution in [0.3, 0.4) is 0 Å². The SMILES string of the molecule is [B]c1cn(COCC[Si](C)(C)C)c([C@H](CC=C)N[S+]([O-])C(C)(C)C)n1. The molecule has 1 heterocycles. The molecule has 0 aliphatic rings. The molecule has 25 heavy (non-hydrogen) atoms. The molecule has 0 aliphatic heterocycles. The molecule has 0 fully saturated rings. The lowest BCUT2D eigenvalue weighted by molar-refractivity contribution is 0.0841. The van der Waals surface area contributed by atoms with Crippen LogP contribution < -0.4 is 10.3 Å². The molecule has 0 spiro atoms. The molecule has 5 nitrogen and oxygen atoms in total. The average Bonchev–Trinajstić information content (AvgIpc) is 2.82. The molecule has 1 unspecified atom stereocenters. The molecule has 0 saturated carbocycles. The molecule has 0 aromatic carbocycles. The minimum atomic E-state index is -1.21. The fourth-order valence-corrected chi connectivity index (χ4v) is 3.62. The Morgan fingerprint density at radius 2 is 2.12 bits per heavy atom. The summed E-state index contributed by atoms with van der Waals surface area (Å²) >= 11 is -1.21. The van der Waals surface area contributed by atoms with Gasteiger partial charge in [0.2, 0.25) is 0 Å². The fraction of sp³-hybridized carbons (Fsp3) is 0.706. The number of nitrogens with zero attached hydrogens (tertiary/aromatic N) is 2. The van der Waals surface area contributed by atoms with Gasteiger partial charge in [0.1, 0.15) is 31.2 Å². The Morgan fingerprint density at radius 3 is 2.64 bits per heavy atom. The number of rotatable bonds is 10. The van der Waals surface area contributed by atoms with Crippen LogP contribution in [-0.4, -0.2) is 41.4 Å². The van der Waals surface area contributed by atoms with Crippen LogP contribution in [0.4, 0.5) is 0 Å². The Hall–Kier alpha value is -0.538. The first-order chi connectivity index (χ1) is 11.4. The van der Waals surface area contributed by atoms with E-state index >= 15 is 0 Å². The predicted octanol–water partition coefficient (Wildman–Crippen LogP) is 2.66. The van der Waals surface area contributed by atoms with Crippen molar-refractivity contribution < 1.29 is 9.29 Å². The van der Waals surface area contributed by atoms with E-state index in [0.29, 0.717) is 18.7 Å². The molecule has 8 heteroatoms. The largest absolute Gasteiger partial charge is 0.598 e. The topological polar surface area (TPSA) is 62.1 Å². The van der Waals surface area contributed by atoms with E-state index in [1.807, 2.05) is 25.3 Å². The number of imidazole rings is 1. The quantitative estimate of drug-likeness (QED) is 0.293. The van der Waals surface area contributed by atoms with Gasteiger partial charge in [-0.2, -0.15) is 0 Å². The molecule has 0 saturated heterocycles. The minimum Gasteiger partial charge on any atom is -0.598 e. The third kappa shape index (κ3) is 8.13. The van der Waals surface area contributed by atoms with Crippen molar-refractivity contribution in [1.82, 2.24) is 14.3 Å². The summed E-state index contributed by atoms with van der Waals surface area (Å²) in [5.74, 6) is 0.725. The van der Waals surface area contributed by atoms with Gasteiger partial charge in [0.05, 0.1) is 0 Å². The van der Waals surface area contributed by atoms with Gasteiger partial charge >= 0.3 is 0 Å². The van der Waals surface area contributed by atoms with E-state index < -0.39 is 19.4 Å². The maximum atomic E-state index is 12.5. The molecule has 1 aromatic heterocycles. The maximum absolute atomic E-state index is 12.5. The van der Waals surface area contributed by atoms with Gasteiger partial charge in [-0.05, 0) is 33.2 Å². The third-order valence-corrected chi connectivity index (χ3v) is 6.89. The molecule has 2 atom stereocenters. The van der Waals surface area contributed by atoms with Gasteiger partial charge < -0.3 is 13.9 Å². The van der Waals surface area contributed by atoms with Gasteiger partial charge in [-0.3, -0.25) is 0 Å². The second kappa shape index (κ2) is 9.41. The van der Waals surface area contributed by atoms with Crippen molar-refractivity contribution in [1.29, 1.82) is 0 Å². The molecule has 140 valence electrons. The maximum Gasteiger partial charge on any atom is 0.143 e. The second-order valence-electron chi connectivity index (χ2n) is 8.42. The zero-order chi connectivity index (χ0) is 19.3. The molecule has 1 N–H and O–H groups in total. The number of hydrogen-bond donors (Lipinski definition) is 1. The first-order valence-electron chi connectivity index (χ1n) is 8.63. The lowest BCUT2D eigenvalue weighted by Gasteiger charge is -2.27. The van der Waals surface area contributed by atoms with Crippen LogP contribution in [0.1, 0.15) is 39.1 Å². The van der Waals surface area contributed by atoms with E-state index in [4.69, 9.17) is 12.6 Å². The number of aromatic nitrogens is 2. The van der Waals surface area contributed by atoms with Crippen LogP contribution in [0, 0.1) is 0 Å². The Labute approximate surface area is 158 Å². The van der Waals surface area contributed by atoms with Gasteiger partial charge in [-0.25, -0.2) is 4.98 Å². The van der Waals surface area contributed by atoms with Crippen molar-refractivity contribution in [2.75, 3.05) is 6.61 Å². The number of nitrogens with one attached hydrogen (secondary N) is 1. The average molecular weight is 381 g/mol. The zero-order valence-corrected chi connectivity index (χ0v) is 18.3. The standard InChI is InChI=1S/C17H32BN3O2SSi/c1-8-9-14(20-24(22)17(2,3)4)16-19-15(18)12-21(16)13-23-10-11-25(5,6)7/h8,12,14,20H,1,9-11,13H2,2-7H3/t14-,24?/m0/s1. The lowest BCUT2D eigenvalue weighted by Crippen LogP contribution is -2.42. The third-order valence-electron chi connectivity index (χ3n) is 3.57. The highest BCUT2D eigenvalue weighted by Gasteiger charge is 2.31. The van der Waals surface area contributed by atoms with E-state index in [1.165, 1.54) is 0 Å². The van der Waals surface area contributed by atoms with Gasteiger partial charge in [0.25, 0.3) is 0 Å². The lowest BCUT2D eigenvalue weighted by atomic mass is 10.1. The molecule has 2 radical (unpaired) electrons. The van der Waals surface area contributed by atoms with Crippen molar-refractivity contribution in [3.8, 4) is 0 Å². The van der Waals surface area contributed by atoms with Gasteiger partial charge in [-0.15, -0.1) is 11.3 Å². The van der Waals surface area contributed by atoms with E-state index in [1.54, 1.807) is 12.3 Å². The summed E-state index contributed by atoms with van der Waals surface area (Å²) in [5.41, 5.74) is 0.432. The van der Waals surface area contributed by atoms with E-state index in [9.17, 15) is 4.55 Å². The van der Waals surface area contributed by atoms with E-state index in [-0.39, 0.29) is 10.8 Å². The predicted molar refractivity (Wildman–Crippen MR) is 110 cm³/mol. The highest BCUT2D eigenvalue weighted by molar-refractivity contribution is 7.90. The number of ether oxygens (including phenoxy) is 1. The monoisotopic (exact) mass is 381 g/mol. The molecule has 1 rings (SSSR count). The number of hydrogen-bond acceptors (Lipinski definition) is 4. The van der Waals surface area contributed by atoms with Crippen LogP contribution in [0.25, 0.3) is 0 Å². The van der Waals surface area contributed by atoms with Crippen molar-refractivity contribution in [2.24, 2.45) is 0 Å². The van der Waals surface area contributed by atoms with Gasteiger partial charge in [0.15, 0.2) is 0 Å². The molecule has 0 amide bonds. The van der Waals surface area contributed by atoms with Crippen LogP contribution in [0.2, 0.25) is 25.7 Å². The second-order valence-corrected chi connectivity index (χ2v) is 16.0. The van der Waals surface area contributed by atoms with Crippen molar-refractivity contribution in [3.05, 3.63) is 24.7 Å². The minimum absolute atomic E-state index is 0.226. The fourth-order valence-electron chi connectivity index (χ4n) is 2.05. The van der Waals surface area contributed by atoms with E-state index in [2.05, 4.69) is 35.9 Å². The van der Waals surface area contributed by atoms with Crippen LogP contribution >= 0.6 is 0 Å². The summed E-state index contributed by atoms with van der Waals surface area (Å²) in [6.45, 7) is 17.7. The summed E-state index contributed by atoms with van der Waals surface area (Å²) in [6.07, 6.45) is 4.16. The Bertz CT molecular complexity index is 555.